The molecular formula is C27H55N. The average Bonchev–Trinajstić information content (AvgIpc) is 3.08. The largest absolute Gasteiger partial charge is 0.314 e. The first-order valence-corrected chi connectivity index (χ1v) is 12.7. The lowest BCUT2D eigenvalue weighted by Crippen LogP contribution is -2.33. The van der Waals surface area contributed by atoms with E-state index < -0.39 is 0 Å². The Hall–Kier alpha value is -0.0400. The smallest absolute Gasteiger partial charge is 0.00695 e. The van der Waals surface area contributed by atoms with Crippen molar-refractivity contribution in [3.05, 3.63) is 0 Å². The second-order valence-corrected chi connectivity index (χ2v) is 12.1. The molecule has 1 aliphatic carbocycles. The number of hydrogen-bond donors (Lipinski definition) is 1. The van der Waals surface area contributed by atoms with Gasteiger partial charge in [0, 0.05) is 6.04 Å². The van der Waals surface area contributed by atoms with Gasteiger partial charge in [-0.1, -0.05) is 101 Å². The molecule has 0 aromatic carbocycles. The maximum absolute atomic E-state index is 3.99. The number of hydrogen-bond acceptors (Lipinski definition) is 1. The molecule has 28 heavy (non-hydrogen) atoms. The summed E-state index contributed by atoms with van der Waals surface area (Å²) in [5.74, 6) is 4.35. The fourth-order valence-corrected chi connectivity index (χ4v) is 6.17. The van der Waals surface area contributed by atoms with Crippen molar-refractivity contribution < 1.29 is 0 Å². The summed E-state index contributed by atoms with van der Waals surface area (Å²) >= 11 is 0. The normalized spacial score (nSPS) is 25.0. The van der Waals surface area contributed by atoms with Crippen LogP contribution in [0.2, 0.25) is 0 Å². The van der Waals surface area contributed by atoms with E-state index in [0.717, 1.165) is 35.6 Å². The van der Waals surface area contributed by atoms with Gasteiger partial charge >= 0.3 is 0 Å². The Labute approximate surface area is 179 Å². The molecule has 1 N–H and O–H groups in total. The van der Waals surface area contributed by atoms with Gasteiger partial charge in [0.05, 0.1) is 0 Å². The lowest BCUT2D eigenvalue weighted by atomic mass is 9.68. The Balaban J connectivity index is 2.73. The van der Waals surface area contributed by atoms with Gasteiger partial charge in [-0.2, -0.15) is 0 Å². The first-order chi connectivity index (χ1) is 13.0. The van der Waals surface area contributed by atoms with E-state index in [1.807, 2.05) is 0 Å². The van der Waals surface area contributed by atoms with Gasteiger partial charge in [0.2, 0.25) is 0 Å². The molecule has 168 valence electrons. The Kier molecular flexibility index (Phi) is 10.6. The highest BCUT2D eigenvalue weighted by molar-refractivity contribution is 5.07. The van der Waals surface area contributed by atoms with Crippen LogP contribution in [0, 0.1) is 40.4 Å². The summed E-state index contributed by atoms with van der Waals surface area (Å²) < 4.78 is 0. The van der Waals surface area contributed by atoms with Gasteiger partial charge in [-0.15, -0.1) is 0 Å². The third-order valence-corrected chi connectivity index (χ3v) is 7.91. The van der Waals surface area contributed by atoms with E-state index in [0.29, 0.717) is 10.8 Å². The molecule has 1 aliphatic rings. The van der Waals surface area contributed by atoms with Crippen LogP contribution in [0.1, 0.15) is 121 Å². The molecule has 1 nitrogen and oxygen atoms in total. The number of rotatable bonds is 14. The summed E-state index contributed by atoms with van der Waals surface area (Å²) in [5, 5.41) is 3.99. The molecule has 1 rings (SSSR count). The minimum Gasteiger partial charge on any atom is -0.314 e. The van der Waals surface area contributed by atoms with Crippen LogP contribution in [0.5, 0.6) is 0 Å². The van der Waals surface area contributed by atoms with Crippen LogP contribution in [0.15, 0.2) is 0 Å². The van der Waals surface area contributed by atoms with Crippen LogP contribution in [-0.4, -0.2) is 12.6 Å². The van der Waals surface area contributed by atoms with E-state index in [2.05, 4.69) is 74.6 Å². The molecule has 0 aromatic heterocycles. The lowest BCUT2D eigenvalue weighted by molar-refractivity contribution is 0.126. The Morgan fingerprint density at radius 2 is 1.57 bits per heavy atom. The summed E-state index contributed by atoms with van der Waals surface area (Å²) in [7, 11) is 0. The topological polar surface area (TPSA) is 12.0 Å². The zero-order chi connectivity index (χ0) is 21.5. The van der Waals surface area contributed by atoms with Crippen LogP contribution in [-0.2, 0) is 0 Å². The first-order valence-electron chi connectivity index (χ1n) is 12.7. The molecule has 1 heteroatoms. The van der Waals surface area contributed by atoms with Gasteiger partial charge in [0.1, 0.15) is 0 Å². The van der Waals surface area contributed by atoms with Crippen molar-refractivity contribution in [3.8, 4) is 0 Å². The highest BCUT2D eigenvalue weighted by Crippen LogP contribution is 2.62. The second kappa shape index (κ2) is 11.4. The monoisotopic (exact) mass is 393 g/mol. The van der Waals surface area contributed by atoms with E-state index in [1.165, 1.54) is 57.9 Å². The van der Waals surface area contributed by atoms with Crippen molar-refractivity contribution in [2.75, 3.05) is 6.54 Å². The van der Waals surface area contributed by atoms with Crippen molar-refractivity contribution in [2.24, 2.45) is 40.4 Å². The van der Waals surface area contributed by atoms with Crippen molar-refractivity contribution in [1.29, 1.82) is 0 Å². The molecule has 0 aromatic rings. The van der Waals surface area contributed by atoms with E-state index in [4.69, 9.17) is 0 Å². The third kappa shape index (κ3) is 7.66. The molecule has 0 aliphatic heterocycles. The zero-order valence-electron chi connectivity index (χ0n) is 21.3. The average molecular weight is 394 g/mol. The molecule has 0 radical (unpaired) electrons. The van der Waals surface area contributed by atoms with Crippen molar-refractivity contribution in [2.45, 2.75) is 127 Å². The van der Waals surface area contributed by atoms with Gasteiger partial charge in [0.25, 0.3) is 0 Å². The summed E-state index contributed by atoms with van der Waals surface area (Å²) in [4.78, 5) is 0. The van der Waals surface area contributed by atoms with Gasteiger partial charge in [-0.3, -0.25) is 0 Å². The highest BCUT2D eigenvalue weighted by Gasteiger charge is 2.57. The first kappa shape index (κ1) is 26.0. The molecule has 5 atom stereocenters. The predicted molar refractivity (Wildman–Crippen MR) is 128 cm³/mol. The van der Waals surface area contributed by atoms with Crippen molar-refractivity contribution in [3.63, 3.8) is 0 Å². The Morgan fingerprint density at radius 3 is 2.04 bits per heavy atom. The molecule has 0 spiro atoms. The van der Waals surface area contributed by atoms with E-state index in [1.54, 1.807) is 0 Å². The van der Waals surface area contributed by atoms with Crippen LogP contribution < -0.4 is 5.32 Å². The maximum Gasteiger partial charge on any atom is 0.00695 e. The number of nitrogens with one attached hydrogen (secondary N) is 1. The van der Waals surface area contributed by atoms with E-state index in [9.17, 15) is 0 Å². The van der Waals surface area contributed by atoms with Crippen molar-refractivity contribution >= 4 is 0 Å². The molecule has 0 amide bonds. The Bertz CT molecular complexity index is 416. The summed E-state index contributed by atoms with van der Waals surface area (Å²) in [6.45, 7) is 25.6. The molecule has 1 saturated carbocycles. The second-order valence-electron chi connectivity index (χ2n) is 12.1. The predicted octanol–water partition coefficient (Wildman–Crippen LogP) is 8.33. The van der Waals surface area contributed by atoms with Gasteiger partial charge in [-0.25, -0.2) is 0 Å². The van der Waals surface area contributed by atoms with Crippen LogP contribution in [0.4, 0.5) is 0 Å². The van der Waals surface area contributed by atoms with E-state index >= 15 is 0 Å². The van der Waals surface area contributed by atoms with Crippen LogP contribution >= 0.6 is 0 Å². The molecule has 1 fully saturated rings. The van der Waals surface area contributed by atoms with Crippen LogP contribution in [0.25, 0.3) is 0 Å². The summed E-state index contributed by atoms with van der Waals surface area (Å²) in [6.07, 6.45) is 10.9. The van der Waals surface area contributed by atoms with Gasteiger partial charge < -0.3 is 5.32 Å². The Morgan fingerprint density at radius 1 is 0.929 bits per heavy atom. The highest BCUT2D eigenvalue weighted by atomic mass is 14.9. The zero-order valence-corrected chi connectivity index (χ0v) is 21.3. The quantitative estimate of drug-likeness (QED) is 0.313. The molecular weight excluding hydrogens is 338 g/mol. The third-order valence-electron chi connectivity index (χ3n) is 7.91. The number of unbranched alkanes of at least 4 members (excludes halogenated alkanes) is 1. The molecule has 5 unspecified atom stereocenters. The fraction of sp³-hybridized carbons (Fsp3) is 1.00. The van der Waals surface area contributed by atoms with Gasteiger partial charge in [-0.05, 0) is 66.2 Å². The molecule has 0 bridgehead atoms. The molecule has 0 heterocycles. The minimum atomic E-state index is 0.434. The standard InChI is InChI=1S/C27H55N/c1-11-14-16-21(23(13-3)26(6,7)8)18-24-25(27(24,9)10)19-28-22(15-12-2)17-20(4)5/h20-25,28H,11-19H2,1-10H3. The van der Waals surface area contributed by atoms with Crippen LogP contribution in [0.3, 0.4) is 0 Å². The lowest BCUT2D eigenvalue weighted by Gasteiger charge is -2.37. The SMILES string of the molecule is CCCCC(CC1C(CNC(CCC)CC(C)C)C1(C)C)C(CC)C(C)(C)C. The maximum atomic E-state index is 3.99. The minimum absolute atomic E-state index is 0.434. The summed E-state index contributed by atoms with van der Waals surface area (Å²) in [5.41, 5.74) is 0.964. The molecule has 0 saturated heterocycles. The van der Waals surface area contributed by atoms with Crippen molar-refractivity contribution in [1.82, 2.24) is 5.32 Å². The summed E-state index contributed by atoms with van der Waals surface area (Å²) in [6, 6.07) is 0.718. The van der Waals surface area contributed by atoms with E-state index in [-0.39, 0.29) is 0 Å². The fourth-order valence-electron chi connectivity index (χ4n) is 6.17. The van der Waals surface area contributed by atoms with Gasteiger partial charge in [0.15, 0.2) is 0 Å².